The van der Waals surface area contributed by atoms with Crippen molar-refractivity contribution in [3.05, 3.63) is 70.2 Å². The van der Waals surface area contributed by atoms with Crippen LogP contribution in [-0.2, 0) is 4.74 Å². The highest BCUT2D eigenvalue weighted by Crippen LogP contribution is 2.23. The van der Waals surface area contributed by atoms with Gasteiger partial charge >= 0.3 is 5.97 Å². The van der Waals surface area contributed by atoms with Gasteiger partial charge in [-0.25, -0.2) is 4.79 Å². The molecular weight excluding hydrogens is 300 g/mol. The SMILES string of the molecule is CCOC(=O)c1cccs1.c1ccc(-c2cccs2)cc1. The summed E-state index contributed by atoms with van der Waals surface area (Å²) in [6, 6.07) is 18.2. The molecule has 0 saturated heterocycles. The van der Waals surface area contributed by atoms with Gasteiger partial charge in [-0.3, -0.25) is 0 Å². The number of rotatable bonds is 3. The highest BCUT2D eigenvalue weighted by Gasteiger charge is 2.04. The lowest BCUT2D eigenvalue weighted by Crippen LogP contribution is -2.01. The van der Waals surface area contributed by atoms with E-state index >= 15 is 0 Å². The van der Waals surface area contributed by atoms with Crippen molar-refractivity contribution < 1.29 is 9.53 Å². The average molecular weight is 316 g/mol. The Kier molecular flexibility index (Phi) is 6.19. The van der Waals surface area contributed by atoms with E-state index in [1.807, 2.05) is 17.5 Å². The Balaban J connectivity index is 0.000000155. The first-order chi connectivity index (χ1) is 10.3. The van der Waals surface area contributed by atoms with Crippen molar-refractivity contribution in [1.82, 2.24) is 0 Å². The molecule has 0 unspecified atom stereocenters. The van der Waals surface area contributed by atoms with Gasteiger partial charge in [-0.15, -0.1) is 22.7 Å². The third kappa shape index (κ3) is 4.85. The van der Waals surface area contributed by atoms with E-state index in [0.717, 1.165) is 0 Å². The summed E-state index contributed by atoms with van der Waals surface area (Å²) in [7, 11) is 0. The van der Waals surface area contributed by atoms with Crippen LogP contribution in [0.2, 0.25) is 0 Å². The van der Waals surface area contributed by atoms with Gasteiger partial charge in [0, 0.05) is 4.88 Å². The van der Waals surface area contributed by atoms with Gasteiger partial charge in [-0.05, 0) is 35.4 Å². The number of carbonyl (C=O) groups is 1. The highest BCUT2D eigenvalue weighted by atomic mass is 32.1. The summed E-state index contributed by atoms with van der Waals surface area (Å²) >= 11 is 3.17. The fourth-order valence-electron chi connectivity index (χ4n) is 1.64. The van der Waals surface area contributed by atoms with Crippen molar-refractivity contribution in [3.8, 4) is 10.4 Å². The molecule has 4 heteroatoms. The first-order valence-corrected chi connectivity index (χ1v) is 8.36. The molecule has 0 N–H and O–H groups in total. The molecule has 0 spiro atoms. The number of esters is 1. The van der Waals surface area contributed by atoms with Crippen molar-refractivity contribution in [3.63, 3.8) is 0 Å². The third-order valence-corrected chi connectivity index (χ3v) is 4.35. The maximum atomic E-state index is 10.9. The van der Waals surface area contributed by atoms with Crippen molar-refractivity contribution in [2.24, 2.45) is 0 Å². The smallest absolute Gasteiger partial charge is 0.348 e. The van der Waals surface area contributed by atoms with Gasteiger partial charge in [0.2, 0.25) is 0 Å². The minimum absolute atomic E-state index is 0.225. The Morgan fingerprint density at radius 2 is 1.67 bits per heavy atom. The molecule has 0 saturated carbocycles. The number of hydrogen-bond acceptors (Lipinski definition) is 4. The lowest BCUT2D eigenvalue weighted by molar-refractivity contribution is 0.0532. The normalized spacial score (nSPS) is 9.57. The zero-order valence-corrected chi connectivity index (χ0v) is 13.3. The molecule has 3 aromatic rings. The Hall–Kier alpha value is -1.91. The van der Waals surface area contributed by atoms with E-state index in [1.165, 1.54) is 21.8 Å². The summed E-state index contributed by atoms with van der Waals surface area (Å²) in [5.74, 6) is -0.225. The monoisotopic (exact) mass is 316 g/mol. The first kappa shape index (κ1) is 15.5. The molecule has 0 bridgehead atoms. The predicted molar refractivity (Wildman–Crippen MR) is 90.0 cm³/mol. The standard InChI is InChI=1S/C10H8S.C7H8O2S/c1-2-5-9(6-3-1)10-7-4-8-11-10;1-2-9-7(8)6-4-3-5-10-6/h1-8H;3-5H,2H2,1H3. The summed E-state index contributed by atoms with van der Waals surface area (Å²) in [5, 5.41) is 3.95. The molecule has 0 aliphatic heterocycles. The molecule has 108 valence electrons. The maximum absolute atomic E-state index is 10.9. The van der Waals surface area contributed by atoms with Gasteiger partial charge in [-0.2, -0.15) is 0 Å². The summed E-state index contributed by atoms with van der Waals surface area (Å²) in [6.07, 6.45) is 0. The van der Waals surface area contributed by atoms with Crippen LogP contribution in [0.5, 0.6) is 0 Å². The number of thiophene rings is 2. The van der Waals surface area contributed by atoms with Gasteiger partial charge in [0.15, 0.2) is 0 Å². The zero-order valence-electron chi connectivity index (χ0n) is 11.7. The molecule has 3 rings (SSSR count). The number of hydrogen-bond donors (Lipinski definition) is 0. The second kappa shape index (κ2) is 8.39. The molecule has 0 aliphatic rings. The van der Waals surface area contributed by atoms with E-state index in [-0.39, 0.29) is 5.97 Å². The molecular formula is C17H16O2S2. The minimum atomic E-state index is -0.225. The molecule has 0 fully saturated rings. The molecule has 0 radical (unpaired) electrons. The van der Waals surface area contributed by atoms with Crippen LogP contribution in [0.3, 0.4) is 0 Å². The van der Waals surface area contributed by atoms with Crippen LogP contribution in [0.15, 0.2) is 65.4 Å². The zero-order chi connectivity index (χ0) is 14.9. The Morgan fingerprint density at radius 3 is 2.24 bits per heavy atom. The molecule has 0 atom stereocenters. The van der Waals surface area contributed by atoms with E-state index in [9.17, 15) is 4.79 Å². The predicted octanol–water partition coefficient (Wildman–Crippen LogP) is 5.34. The number of carbonyl (C=O) groups excluding carboxylic acids is 1. The lowest BCUT2D eigenvalue weighted by Gasteiger charge is -1.95. The maximum Gasteiger partial charge on any atom is 0.348 e. The van der Waals surface area contributed by atoms with E-state index in [0.29, 0.717) is 11.5 Å². The van der Waals surface area contributed by atoms with Crippen molar-refractivity contribution in [2.75, 3.05) is 6.61 Å². The quantitative estimate of drug-likeness (QED) is 0.610. The highest BCUT2D eigenvalue weighted by molar-refractivity contribution is 7.13. The van der Waals surface area contributed by atoms with E-state index < -0.39 is 0 Å². The van der Waals surface area contributed by atoms with Crippen LogP contribution in [0.1, 0.15) is 16.6 Å². The van der Waals surface area contributed by atoms with Gasteiger partial charge in [0.1, 0.15) is 4.88 Å². The molecule has 2 nitrogen and oxygen atoms in total. The fraction of sp³-hybridized carbons (Fsp3) is 0.118. The van der Waals surface area contributed by atoms with Crippen LogP contribution >= 0.6 is 22.7 Å². The first-order valence-electron chi connectivity index (χ1n) is 6.61. The Labute approximate surface area is 132 Å². The van der Waals surface area contributed by atoms with Crippen LogP contribution < -0.4 is 0 Å². The van der Waals surface area contributed by atoms with E-state index in [1.54, 1.807) is 24.3 Å². The molecule has 0 amide bonds. The molecule has 2 heterocycles. The molecule has 21 heavy (non-hydrogen) atoms. The van der Waals surface area contributed by atoms with Gasteiger partial charge in [0.05, 0.1) is 6.61 Å². The second-order valence-corrected chi connectivity index (χ2v) is 5.94. The topological polar surface area (TPSA) is 26.3 Å². The second-order valence-electron chi connectivity index (χ2n) is 4.04. The Bertz CT molecular complexity index is 629. The summed E-state index contributed by atoms with van der Waals surface area (Å²) in [4.78, 5) is 12.9. The third-order valence-electron chi connectivity index (χ3n) is 2.58. The van der Waals surface area contributed by atoms with Crippen molar-refractivity contribution in [1.29, 1.82) is 0 Å². The Morgan fingerprint density at radius 1 is 0.952 bits per heavy atom. The largest absolute Gasteiger partial charge is 0.462 e. The fourth-order valence-corrected chi connectivity index (χ4v) is 2.99. The van der Waals surface area contributed by atoms with E-state index in [4.69, 9.17) is 4.74 Å². The van der Waals surface area contributed by atoms with Gasteiger partial charge < -0.3 is 4.74 Å². The number of benzene rings is 1. The molecule has 2 aromatic heterocycles. The van der Waals surface area contributed by atoms with E-state index in [2.05, 4.69) is 41.8 Å². The average Bonchev–Trinajstić information content (AvgIpc) is 3.23. The van der Waals surface area contributed by atoms with Gasteiger partial charge in [-0.1, -0.05) is 42.5 Å². The lowest BCUT2D eigenvalue weighted by atomic mass is 10.2. The summed E-state index contributed by atoms with van der Waals surface area (Å²) < 4.78 is 4.76. The minimum Gasteiger partial charge on any atom is -0.462 e. The van der Waals surface area contributed by atoms with Crippen molar-refractivity contribution in [2.45, 2.75) is 6.92 Å². The van der Waals surface area contributed by atoms with Crippen molar-refractivity contribution >= 4 is 28.6 Å². The molecule has 1 aromatic carbocycles. The van der Waals surface area contributed by atoms with Crippen LogP contribution in [0.25, 0.3) is 10.4 Å². The summed E-state index contributed by atoms with van der Waals surface area (Å²) in [6.45, 7) is 2.24. The van der Waals surface area contributed by atoms with Crippen LogP contribution in [0, 0.1) is 0 Å². The van der Waals surface area contributed by atoms with Crippen LogP contribution in [0.4, 0.5) is 0 Å². The van der Waals surface area contributed by atoms with Gasteiger partial charge in [0.25, 0.3) is 0 Å². The number of ether oxygens (including phenoxy) is 1. The molecule has 0 aliphatic carbocycles. The van der Waals surface area contributed by atoms with Crippen LogP contribution in [-0.4, -0.2) is 12.6 Å². The summed E-state index contributed by atoms with van der Waals surface area (Å²) in [5.41, 5.74) is 1.31.